The number of alkyl carbamates (subject to hydrolysis) is 1. The number of benzene rings is 2. The van der Waals surface area contributed by atoms with E-state index in [0.717, 1.165) is 29.5 Å². The van der Waals surface area contributed by atoms with Crippen LogP contribution in [0.4, 0.5) is 10.5 Å². The molecule has 41 heavy (non-hydrogen) atoms. The van der Waals surface area contributed by atoms with Gasteiger partial charge in [-0.2, -0.15) is 0 Å². The molecule has 0 saturated heterocycles. The number of primary amides is 1. The fraction of sp³-hybridized carbons (Fsp3) is 0.500. The number of nitrogens with one attached hydrogen (secondary N) is 2. The molecule has 9 nitrogen and oxygen atoms in total. The highest BCUT2D eigenvalue weighted by atomic mass is 16.6. The molecule has 0 aromatic heterocycles. The van der Waals surface area contributed by atoms with E-state index in [1.165, 1.54) is 4.90 Å². The third-order valence-electron chi connectivity index (χ3n) is 6.60. The SMILES string of the molecule is CCCCCN(C(=O)C(CCC(N)=O)NC(=O)OC(C)(C)C)C(C(=O)Nc1c(C)cccc1C)c1cccc(C)c1. The van der Waals surface area contributed by atoms with Gasteiger partial charge in [0.2, 0.25) is 11.8 Å². The van der Waals surface area contributed by atoms with Crippen molar-refractivity contribution in [2.75, 3.05) is 11.9 Å². The Kier molecular flexibility index (Phi) is 12.4. The molecule has 4 amide bonds. The van der Waals surface area contributed by atoms with Crippen molar-refractivity contribution in [2.24, 2.45) is 5.73 Å². The van der Waals surface area contributed by atoms with Crippen LogP contribution < -0.4 is 16.4 Å². The van der Waals surface area contributed by atoms with E-state index in [-0.39, 0.29) is 25.3 Å². The molecule has 2 atom stereocenters. The first-order valence-electron chi connectivity index (χ1n) is 14.3. The third-order valence-corrected chi connectivity index (χ3v) is 6.60. The van der Waals surface area contributed by atoms with Crippen LogP contribution >= 0.6 is 0 Å². The molecule has 224 valence electrons. The Morgan fingerprint density at radius 3 is 2.17 bits per heavy atom. The molecule has 0 spiro atoms. The largest absolute Gasteiger partial charge is 0.444 e. The first-order valence-corrected chi connectivity index (χ1v) is 14.3. The Morgan fingerprint density at radius 1 is 0.976 bits per heavy atom. The third kappa shape index (κ3) is 10.6. The standard InChI is InChI=1S/C32H46N4O5/c1-8-9-10-19-36(30(39)25(17-18-26(33)37)34-31(40)41-32(5,6)7)28(24-16-11-13-21(2)20-24)29(38)35-27-22(3)14-12-15-23(27)4/h11-16,20,25,28H,8-10,17-19H2,1-7H3,(H2,33,37)(H,34,40)(H,35,38). The topological polar surface area (TPSA) is 131 Å². The van der Waals surface area contributed by atoms with Gasteiger partial charge in [-0.1, -0.05) is 67.8 Å². The fourth-order valence-corrected chi connectivity index (χ4v) is 4.61. The minimum Gasteiger partial charge on any atom is -0.444 e. The average Bonchev–Trinajstić information content (AvgIpc) is 2.86. The average molecular weight is 567 g/mol. The number of ether oxygens (including phenoxy) is 1. The summed E-state index contributed by atoms with van der Waals surface area (Å²) in [4.78, 5) is 54.3. The number of carbonyl (C=O) groups excluding carboxylic acids is 4. The molecule has 0 fully saturated rings. The second-order valence-electron chi connectivity index (χ2n) is 11.5. The van der Waals surface area contributed by atoms with E-state index in [1.807, 2.05) is 63.2 Å². The minimum absolute atomic E-state index is 0.0310. The number of rotatable bonds is 13. The predicted octanol–water partition coefficient (Wildman–Crippen LogP) is 5.47. The van der Waals surface area contributed by atoms with Crippen molar-refractivity contribution in [1.29, 1.82) is 0 Å². The van der Waals surface area contributed by atoms with Crippen molar-refractivity contribution in [3.63, 3.8) is 0 Å². The van der Waals surface area contributed by atoms with Crippen molar-refractivity contribution in [2.45, 2.75) is 98.3 Å². The van der Waals surface area contributed by atoms with Gasteiger partial charge < -0.3 is 26.0 Å². The number of nitrogens with two attached hydrogens (primary N) is 1. The van der Waals surface area contributed by atoms with Crippen molar-refractivity contribution in [3.8, 4) is 0 Å². The highest BCUT2D eigenvalue weighted by Gasteiger charge is 2.36. The van der Waals surface area contributed by atoms with E-state index in [2.05, 4.69) is 17.6 Å². The van der Waals surface area contributed by atoms with Gasteiger partial charge in [0.1, 0.15) is 17.7 Å². The van der Waals surface area contributed by atoms with Gasteiger partial charge in [0.15, 0.2) is 0 Å². The fourth-order valence-electron chi connectivity index (χ4n) is 4.61. The lowest BCUT2D eigenvalue weighted by atomic mass is 9.99. The van der Waals surface area contributed by atoms with Gasteiger partial charge >= 0.3 is 6.09 Å². The number of anilines is 1. The summed E-state index contributed by atoms with van der Waals surface area (Å²) in [6.45, 7) is 13.2. The summed E-state index contributed by atoms with van der Waals surface area (Å²) in [6.07, 6.45) is 1.45. The Bertz CT molecular complexity index is 1200. The highest BCUT2D eigenvalue weighted by Crippen LogP contribution is 2.28. The molecule has 0 saturated carbocycles. The summed E-state index contributed by atoms with van der Waals surface area (Å²) in [7, 11) is 0. The number of aryl methyl sites for hydroxylation is 3. The van der Waals surface area contributed by atoms with Crippen LogP contribution in [0.15, 0.2) is 42.5 Å². The molecule has 0 aliphatic rings. The van der Waals surface area contributed by atoms with Crippen molar-refractivity contribution < 1.29 is 23.9 Å². The van der Waals surface area contributed by atoms with Crippen LogP contribution in [0.25, 0.3) is 0 Å². The van der Waals surface area contributed by atoms with Gasteiger partial charge in [0, 0.05) is 18.7 Å². The van der Waals surface area contributed by atoms with Gasteiger partial charge in [-0.15, -0.1) is 0 Å². The van der Waals surface area contributed by atoms with Gasteiger partial charge in [-0.05, 0) is 71.1 Å². The van der Waals surface area contributed by atoms with Crippen molar-refractivity contribution in [3.05, 3.63) is 64.7 Å². The first kappa shape index (κ1) is 33.3. The second-order valence-corrected chi connectivity index (χ2v) is 11.5. The van der Waals surface area contributed by atoms with Gasteiger partial charge in [-0.3, -0.25) is 14.4 Å². The van der Waals surface area contributed by atoms with E-state index >= 15 is 0 Å². The van der Waals surface area contributed by atoms with Crippen LogP contribution in [0, 0.1) is 20.8 Å². The molecule has 0 bridgehead atoms. The number of hydrogen-bond donors (Lipinski definition) is 3. The molecule has 4 N–H and O–H groups in total. The highest BCUT2D eigenvalue weighted by molar-refractivity contribution is 6.00. The second kappa shape index (κ2) is 15.2. The number of unbranched alkanes of at least 4 members (excludes halogenated alkanes) is 2. The summed E-state index contributed by atoms with van der Waals surface area (Å²) in [5.41, 5.74) is 8.68. The van der Waals surface area contributed by atoms with Gasteiger partial charge in [0.05, 0.1) is 0 Å². The lowest BCUT2D eigenvalue weighted by Crippen LogP contribution is -2.53. The maximum atomic E-state index is 14.3. The molecule has 0 aliphatic carbocycles. The Balaban J connectivity index is 2.59. The maximum absolute atomic E-state index is 14.3. The zero-order valence-electron chi connectivity index (χ0n) is 25.5. The zero-order valence-corrected chi connectivity index (χ0v) is 25.5. The summed E-state index contributed by atoms with van der Waals surface area (Å²) in [5.74, 6) is -1.46. The van der Waals surface area contributed by atoms with Crippen LogP contribution in [-0.2, 0) is 19.1 Å². The molecular weight excluding hydrogens is 520 g/mol. The van der Waals surface area contributed by atoms with E-state index in [0.29, 0.717) is 17.7 Å². The molecule has 2 aromatic rings. The van der Waals surface area contributed by atoms with Crippen molar-refractivity contribution >= 4 is 29.5 Å². The van der Waals surface area contributed by atoms with Crippen LogP contribution in [0.2, 0.25) is 0 Å². The quantitative estimate of drug-likeness (QED) is 0.277. The minimum atomic E-state index is -1.13. The number of hydrogen-bond acceptors (Lipinski definition) is 5. The molecule has 0 aliphatic heterocycles. The molecule has 0 heterocycles. The lowest BCUT2D eigenvalue weighted by molar-refractivity contribution is -0.141. The zero-order chi connectivity index (χ0) is 30.7. The first-order chi connectivity index (χ1) is 19.2. The van der Waals surface area contributed by atoms with Crippen LogP contribution in [0.3, 0.4) is 0 Å². The number of carbonyl (C=O) groups is 4. The maximum Gasteiger partial charge on any atom is 0.408 e. The van der Waals surface area contributed by atoms with Crippen LogP contribution in [-0.4, -0.2) is 46.9 Å². The van der Waals surface area contributed by atoms with Crippen LogP contribution in [0.5, 0.6) is 0 Å². The monoisotopic (exact) mass is 566 g/mol. The molecule has 0 radical (unpaired) electrons. The Morgan fingerprint density at radius 2 is 1.61 bits per heavy atom. The van der Waals surface area contributed by atoms with Gasteiger partial charge in [-0.25, -0.2) is 4.79 Å². The Labute approximate surface area is 244 Å². The summed E-state index contributed by atoms with van der Waals surface area (Å²) >= 11 is 0. The lowest BCUT2D eigenvalue weighted by Gasteiger charge is -2.35. The normalized spacial score (nSPS) is 12.7. The molecule has 2 aromatic carbocycles. The van der Waals surface area contributed by atoms with Gasteiger partial charge in [0.25, 0.3) is 5.91 Å². The predicted molar refractivity (Wildman–Crippen MR) is 161 cm³/mol. The molecule has 2 rings (SSSR count). The van der Waals surface area contributed by atoms with E-state index in [4.69, 9.17) is 10.5 Å². The van der Waals surface area contributed by atoms with E-state index in [9.17, 15) is 19.2 Å². The molecular formula is C32H46N4O5. The summed E-state index contributed by atoms with van der Waals surface area (Å²) in [6, 6.07) is 11.1. The van der Waals surface area contributed by atoms with E-state index < -0.39 is 35.6 Å². The van der Waals surface area contributed by atoms with Crippen molar-refractivity contribution in [1.82, 2.24) is 10.2 Å². The summed E-state index contributed by atoms with van der Waals surface area (Å²) in [5, 5.41) is 5.70. The van der Waals surface area contributed by atoms with Crippen LogP contribution in [0.1, 0.15) is 88.1 Å². The number of para-hydroxylation sites is 1. The molecule has 2 unspecified atom stereocenters. The smallest absolute Gasteiger partial charge is 0.408 e. The number of nitrogens with zero attached hydrogens (tertiary/aromatic N) is 1. The van der Waals surface area contributed by atoms with E-state index in [1.54, 1.807) is 20.8 Å². The molecule has 9 heteroatoms. The summed E-state index contributed by atoms with van der Waals surface area (Å²) < 4.78 is 5.40. The number of amides is 4. The Hall–Kier alpha value is -3.88.